The highest BCUT2D eigenvalue weighted by atomic mass is 16.3. The minimum Gasteiger partial charge on any atom is -0.459 e. The van der Waals surface area contributed by atoms with Crippen molar-refractivity contribution in [2.75, 3.05) is 47.3 Å². The summed E-state index contributed by atoms with van der Waals surface area (Å²) < 4.78 is 5.78. The maximum atomic E-state index is 12.3. The van der Waals surface area contributed by atoms with Crippen LogP contribution in [0.5, 0.6) is 0 Å². The molecule has 1 N–H and O–H groups in total. The molecule has 0 spiro atoms. The molecule has 1 saturated heterocycles. The highest BCUT2D eigenvalue weighted by molar-refractivity contribution is 5.78. The van der Waals surface area contributed by atoms with Crippen LogP contribution in [0, 0.1) is 0 Å². The van der Waals surface area contributed by atoms with E-state index in [2.05, 4.69) is 29.2 Å². The van der Waals surface area contributed by atoms with E-state index < -0.39 is 0 Å². The quantitative estimate of drug-likeness (QED) is 0.929. The molecule has 1 aromatic heterocycles. The molecule has 1 aromatic carbocycles. The van der Waals surface area contributed by atoms with E-state index in [0.717, 1.165) is 36.4 Å². The molecule has 1 atom stereocenters. The molecule has 6 nitrogen and oxygen atoms in total. The first kappa shape index (κ1) is 16.8. The molecule has 1 aliphatic heterocycles. The largest absolute Gasteiger partial charge is 0.459 e. The first-order valence-corrected chi connectivity index (χ1v) is 8.38. The number of hydrogen-bond donors (Lipinski definition) is 1. The van der Waals surface area contributed by atoms with Gasteiger partial charge in [0.2, 0.25) is 0 Å². The third-order valence-corrected chi connectivity index (χ3v) is 4.69. The van der Waals surface area contributed by atoms with E-state index in [9.17, 15) is 4.79 Å². The van der Waals surface area contributed by atoms with Crippen LogP contribution in [0.25, 0.3) is 11.0 Å². The van der Waals surface area contributed by atoms with Gasteiger partial charge in [0.15, 0.2) is 0 Å². The van der Waals surface area contributed by atoms with Gasteiger partial charge in [0.25, 0.3) is 0 Å². The molecule has 0 aliphatic carbocycles. The van der Waals surface area contributed by atoms with Gasteiger partial charge in [0.05, 0.1) is 6.54 Å². The monoisotopic (exact) mass is 330 g/mol. The Balaban J connectivity index is 1.52. The zero-order valence-electron chi connectivity index (χ0n) is 14.7. The van der Waals surface area contributed by atoms with E-state index >= 15 is 0 Å². The Kier molecular flexibility index (Phi) is 5.06. The van der Waals surface area contributed by atoms with Gasteiger partial charge in [-0.05, 0) is 26.2 Å². The third-order valence-electron chi connectivity index (χ3n) is 4.69. The van der Waals surface area contributed by atoms with Crippen molar-refractivity contribution in [1.29, 1.82) is 0 Å². The number of likely N-dealkylation sites (N-methyl/N-ethyl adjacent to an activating group) is 2. The zero-order valence-corrected chi connectivity index (χ0v) is 14.7. The SMILES string of the molecule is CN1CCN(C)[C@H](CNC(=O)N(C)Cc2cc3ccccc3o2)C1. The van der Waals surface area contributed by atoms with E-state index in [-0.39, 0.29) is 6.03 Å². The van der Waals surface area contributed by atoms with Gasteiger partial charge in [0, 0.05) is 44.7 Å². The average Bonchev–Trinajstić information content (AvgIpc) is 2.97. The lowest BCUT2D eigenvalue weighted by atomic mass is 10.2. The number of hydrogen-bond acceptors (Lipinski definition) is 4. The Morgan fingerprint density at radius 3 is 2.92 bits per heavy atom. The van der Waals surface area contributed by atoms with Crippen LogP contribution in [0.15, 0.2) is 34.7 Å². The molecule has 2 amide bonds. The van der Waals surface area contributed by atoms with Crippen LogP contribution in [0.4, 0.5) is 4.79 Å². The van der Waals surface area contributed by atoms with Crippen molar-refractivity contribution in [3.8, 4) is 0 Å². The summed E-state index contributed by atoms with van der Waals surface area (Å²) in [5.41, 5.74) is 0.855. The number of piperazine rings is 1. The predicted molar refractivity (Wildman–Crippen MR) is 95.0 cm³/mol. The van der Waals surface area contributed by atoms with Crippen molar-refractivity contribution in [2.24, 2.45) is 0 Å². The zero-order chi connectivity index (χ0) is 17.1. The molecule has 0 radical (unpaired) electrons. The minimum atomic E-state index is -0.0721. The lowest BCUT2D eigenvalue weighted by molar-refractivity contribution is 0.113. The van der Waals surface area contributed by atoms with Crippen molar-refractivity contribution >= 4 is 17.0 Å². The number of carbonyl (C=O) groups excluding carboxylic acids is 1. The predicted octanol–water partition coefficient (Wildman–Crippen LogP) is 1.82. The van der Waals surface area contributed by atoms with Gasteiger partial charge in [-0.25, -0.2) is 4.79 Å². The van der Waals surface area contributed by atoms with Gasteiger partial charge >= 0.3 is 6.03 Å². The topological polar surface area (TPSA) is 52.0 Å². The normalized spacial score (nSPS) is 19.5. The van der Waals surface area contributed by atoms with Crippen LogP contribution in [0.1, 0.15) is 5.76 Å². The number of fused-ring (bicyclic) bond motifs is 1. The van der Waals surface area contributed by atoms with Crippen molar-refractivity contribution in [1.82, 2.24) is 20.0 Å². The van der Waals surface area contributed by atoms with E-state index in [4.69, 9.17) is 4.42 Å². The Hall–Kier alpha value is -2.05. The number of carbonyl (C=O) groups is 1. The third kappa shape index (κ3) is 3.88. The molecular formula is C18H26N4O2. The molecule has 0 bridgehead atoms. The Morgan fingerprint density at radius 2 is 2.12 bits per heavy atom. The van der Waals surface area contributed by atoms with E-state index in [1.165, 1.54) is 0 Å². The molecular weight excluding hydrogens is 304 g/mol. The summed E-state index contributed by atoms with van der Waals surface area (Å²) in [7, 11) is 6.02. The van der Waals surface area contributed by atoms with Crippen LogP contribution in [0.3, 0.4) is 0 Å². The average molecular weight is 330 g/mol. The van der Waals surface area contributed by atoms with Crippen LogP contribution in [-0.2, 0) is 6.54 Å². The number of para-hydroxylation sites is 1. The molecule has 24 heavy (non-hydrogen) atoms. The summed E-state index contributed by atoms with van der Waals surface area (Å²) in [5, 5.41) is 4.10. The molecule has 6 heteroatoms. The van der Waals surface area contributed by atoms with Gasteiger partial charge in [-0.3, -0.25) is 4.90 Å². The lowest BCUT2D eigenvalue weighted by Gasteiger charge is -2.37. The maximum absolute atomic E-state index is 12.3. The number of benzene rings is 1. The van der Waals surface area contributed by atoms with Gasteiger partial charge in [0.1, 0.15) is 11.3 Å². The summed E-state index contributed by atoms with van der Waals surface area (Å²) in [5.74, 6) is 0.795. The van der Waals surface area contributed by atoms with Gasteiger partial charge in [-0.1, -0.05) is 18.2 Å². The Morgan fingerprint density at radius 1 is 1.33 bits per heavy atom. The lowest BCUT2D eigenvalue weighted by Crippen LogP contribution is -2.55. The van der Waals surface area contributed by atoms with Crippen molar-refractivity contribution in [2.45, 2.75) is 12.6 Å². The molecule has 130 valence electrons. The summed E-state index contributed by atoms with van der Waals surface area (Å²) >= 11 is 0. The highest BCUT2D eigenvalue weighted by Crippen LogP contribution is 2.19. The number of amides is 2. The van der Waals surface area contributed by atoms with Crippen LogP contribution in [-0.4, -0.2) is 74.1 Å². The van der Waals surface area contributed by atoms with Gasteiger partial charge in [-0.2, -0.15) is 0 Å². The second-order valence-corrected chi connectivity index (χ2v) is 6.69. The van der Waals surface area contributed by atoms with Crippen LogP contribution in [0.2, 0.25) is 0 Å². The second kappa shape index (κ2) is 7.23. The molecule has 3 rings (SSSR count). The van der Waals surface area contributed by atoms with E-state index in [0.29, 0.717) is 19.1 Å². The van der Waals surface area contributed by atoms with E-state index in [1.807, 2.05) is 30.3 Å². The Labute approximate surface area is 143 Å². The number of urea groups is 1. The maximum Gasteiger partial charge on any atom is 0.317 e. The first-order valence-electron chi connectivity index (χ1n) is 8.38. The molecule has 2 aromatic rings. The standard InChI is InChI=1S/C18H26N4O2/c1-20-8-9-21(2)15(12-20)11-19-18(23)22(3)13-16-10-14-6-4-5-7-17(14)24-16/h4-7,10,15H,8-9,11-13H2,1-3H3,(H,19,23)/t15-/m1/s1. The van der Waals surface area contributed by atoms with Gasteiger partial charge < -0.3 is 19.5 Å². The van der Waals surface area contributed by atoms with E-state index in [1.54, 1.807) is 11.9 Å². The fraction of sp³-hybridized carbons (Fsp3) is 0.500. The molecule has 1 aliphatic rings. The van der Waals surface area contributed by atoms with Gasteiger partial charge in [-0.15, -0.1) is 0 Å². The Bertz CT molecular complexity index is 666. The number of nitrogens with one attached hydrogen (secondary N) is 1. The van der Waals surface area contributed by atoms with Crippen molar-refractivity contribution < 1.29 is 9.21 Å². The summed E-state index contributed by atoms with van der Waals surface area (Å²) in [6, 6.07) is 10.2. The molecule has 2 heterocycles. The molecule has 0 saturated carbocycles. The molecule has 1 fully saturated rings. The van der Waals surface area contributed by atoms with Crippen LogP contribution >= 0.6 is 0 Å². The molecule has 0 unspecified atom stereocenters. The summed E-state index contributed by atoms with van der Waals surface area (Å²) in [4.78, 5) is 18.6. The number of nitrogens with zero attached hydrogens (tertiary/aromatic N) is 3. The first-order chi connectivity index (χ1) is 11.5. The minimum absolute atomic E-state index is 0.0721. The van der Waals surface area contributed by atoms with Crippen molar-refractivity contribution in [3.05, 3.63) is 36.1 Å². The summed E-state index contributed by atoms with van der Waals surface area (Å²) in [6.07, 6.45) is 0. The number of furan rings is 1. The summed E-state index contributed by atoms with van der Waals surface area (Å²) in [6.45, 7) is 4.20. The van der Waals surface area contributed by atoms with Crippen molar-refractivity contribution in [3.63, 3.8) is 0 Å². The second-order valence-electron chi connectivity index (χ2n) is 6.69. The highest BCUT2D eigenvalue weighted by Gasteiger charge is 2.23. The van der Waals surface area contributed by atoms with Crippen LogP contribution < -0.4 is 5.32 Å². The smallest absolute Gasteiger partial charge is 0.317 e. The fourth-order valence-electron chi connectivity index (χ4n) is 3.08. The fourth-order valence-corrected chi connectivity index (χ4v) is 3.08. The number of rotatable bonds is 4.